The van der Waals surface area contributed by atoms with Crippen molar-refractivity contribution in [3.05, 3.63) is 64.1 Å². The summed E-state index contributed by atoms with van der Waals surface area (Å²) < 4.78 is 85.3. The molecule has 1 saturated carbocycles. The van der Waals surface area contributed by atoms with Crippen LogP contribution in [-0.4, -0.2) is 35.8 Å². The van der Waals surface area contributed by atoms with E-state index < -0.39 is 50.3 Å². The zero-order valence-electron chi connectivity index (χ0n) is 20.9. The lowest BCUT2D eigenvalue weighted by Crippen LogP contribution is -2.30. The van der Waals surface area contributed by atoms with E-state index in [1.165, 1.54) is 30.3 Å². The Labute approximate surface area is 216 Å². The van der Waals surface area contributed by atoms with Gasteiger partial charge in [0.15, 0.2) is 26.9 Å². The molecular weight excluding hydrogens is 528 g/mol. The number of alkyl halides is 4. The summed E-state index contributed by atoms with van der Waals surface area (Å²) in [5, 5.41) is 9.20. The maximum atomic E-state index is 14.9. The number of halogens is 4. The van der Waals surface area contributed by atoms with Crippen LogP contribution in [0.5, 0.6) is 11.6 Å². The SMILES string of the molecule is Cc1cc(C2(F)CCC2)nc(C)c1Oc1nnc(C(F)(F)F)c(C)c1C(=O)Nc1cccc(S(C)(=O)=O)c1. The molecule has 0 aliphatic heterocycles. The molecule has 0 radical (unpaired) electrons. The van der Waals surface area contributed by atoms with Crippen LogP contribution in [-0.2, 0) is 21.7 Å². The number of aryl methyl sites for hydroxylation is 2. The number of nitrogens with zero attached hydrogens (tertiary/aromatic N) is 3. The van der Waals surface area contributed by atoms with Crippen LogP contribution < -0.4 is 10.1 Å². The summed E-state index contributed by atoms with van der Waals surface area (Å²) in [7, 11) is -3.61. The zero-order valence-corrected chi connectivity index (χ0v) is 21.7. The fourth-order valence-corrected chi connectivity index (χ4v) is 4.82. The highest BCUT2D eigenvalue weighted by molar-refractivity contribution is 7.90. The predicted octanol–water partition coefficient (Wildman–Crippen LogP) is 5.61. The molecule has 1 aromatic carbocycles. The number of ether oxygens (including phenoxy) is 1. The molecule has 13 heteroatoms. The molecule has 8 nitrogen and oxygen atoms in total. The van der Waals surface area contributed by atoms with Crippen molar-refractivity contribution in [2.24, 2.45) is 0 Å². The molecule has 0 unspecified atom stereocenters. The van der Waals surface area contributed by atoms with Gasteiger partial charge in [-0.1, -0.05) is 6.07 Å². The van der Waals surface area contributed by atoms with Crippen LogP contribution in [0, 0.1) is 20.8 Å². The summed E-state index contributed by atoms with van der Waals surface area (Å²) in [6, 6.07) is 6.75. The van der Waals surface area contributed by atoms with E-state index in [9.17, 15) is 30.8 Å². The number of hydrogen-bond donors (Lipinski definition) is 1. The van der Waals surface area contributed by atoms with Crippen molar-refractivity contribution in [1.82, 2.24) is 15.2 Å². The van der Waals surface area contributed by atoms with Gasteiger partial charge in [0.25, 0.3) is 11.8 Å². The fraction of sp³-hybridized carbons (Fsp3) is 0.360. The molecule has 202 valence electrons. The number of nitrogens with one attached hydrogen (secondary N) is 1. The molecule has 0 atom stereocenters. The van der Waals surface area contributed by atoms with Gasteiger partial charge in [-0.25, -0.2) is 12.8 Å². The van der Waals surface area contributed by atoms with Crippen molar-refractivity contribution in [2.45, 2.75) is 56.8 Å². The van der Waals surface area contributed by atoms with Gasteiger partial charge < -0.3 is 10.1 Å². The number of amides is 1. The molecule has 4 rings (SSSR count). The molecule has 0 spiro atoms. The average Bonchev–Trinajstić information content (AvgIpc) is 2.78. The van der Waals surface area contributed by atoms with Gasteiger partial charge in [0.05, 0.1) is 16.3 Å². The fourth-order valence-electron chi connectivity index (χ4n) is 4.15. The number of carbonyl (C=O) groups is 1. The van der Waals surface area contributed by atoms with E-state index in [4.69, 9.17) is 4.74 Å². The molecule has 0 bridgehead atoms. The number of hydrogen-bond acceptors (Lipinski definition) is 7. The monoisotopic (exact) mass is 552 g/mol. The Morgan fingerprint density at radius 3 is 2.34 bits per heavy atom. The van der Waals surface area contributed by atoms with Crippen LogP contribution in [0.25, 0.3) is 0 Å². The maximum Gasteiger partial charge on any atom is 0.435 e. The molecule has 1 aliphatic rings. The van der Waals surface area contributed by atoms with Crippen molar-refractivity contribution in [3.63, 3.8) is 0 Å². The smallest absolute Gasteiger partial charge is 0.435 e. The van der Waals surface area contributed by atoms with Crippen molar-refractivity contribution < 1.29 is 35.5 Å². The lowest BCUT2D eigenvalue weighted by Gasteiger charge is -2.33. The largest absolute Gasteiger partial charge is 0.435 e. The van der Waals surface area contributed by atoms with E-state index in [0.29, 0.717) is 18.4 Å². The molecule has 1 aliphatic carbocycles. The molecule has 1 N–H and O–H groups in total. The van der Waals surface area contributed by atoms with Gasteiger partial charge in [0.1, 0.15) is 5.56 Å². The molecule has 38 heavy (non-hydrogen) atoms. The highest BCUT2D eigenvalue weighted by atomic mass is 32.2. The van der Waals surface area contributed by atoms with Gasteiger partial charge in [-0.2, -0.15) is 13.2 Å². The third-order valence-corrected chi connectivity index (χ3v) is 7.44. The first-order chi connectivity index (χ1) is 17.6. The van der Waals surface area contributed by atoms with Crippen LogP contribution in [0.3, 0.4) is 0 Å². The van der Waals surface area contributed by atoms with Gasteiger partial charge in [0, 0.05) is 11.9 Å². The lowest BCUT2D eigenvalue weighted by molar-refractivity contribution is -0.142. The quantitative estimate of drug-likeness (QED) is 0.396. The zero-order chi connectivity index (χ0) is 28.0. The number of rotatable bonds is 6. The number of pyridine rings is 1. The number of anilines is 1. The summed E-state index contributed by atoms with van der Waals surface area (Å²) in [6.45, 7) is 4.22. The molecular formula is C25H24F4N4O4S. The Morgan fingerprint density at radius 2 is 1.79 bits per heavy atom. The molecule has 1 fully saturated rings. The minimum atomic E-state index is -4.91. The Balaban J connectivity index is 1.76. The molecule has 1 amide bonds. The summed E-state index contributed by atoms with van der Waals surface area (Å²) in [5.41, 5.74) is -3.04. The van der Waals surface area contributed by atoms with Gasteiger partial charge in [-0.05, 0) is 75.4 Å². The van der Waals surface area contributed by atoms with E-state index in [-0.39, 0.29) is 27.7 Å². The highest BCUT2D eigenvalue weighted by Gasteiger charge is 2.41. The average molecular weight is 553 g/mol. The summed E-state index contributed by atoms with van der Waals surface area (Å²) in [6.07, 6.45) is -2.51. The topological polar surface area (TPSA) is 111 Å². The molecule has 2 heterocycles. The molecule has 2 aromatic heterocycles. The standard InChI is InChI=1S/C25H24F4N4O4S/c1-13-11-18(24(26)9-6-10-24)30-15(3)20(13)37-23-19(14(2)21(32-33-23)25(27,28)29)22(34)31-16-7-5-8-17(12-16)38(4,35)36/h5,7-8,11-12H,6,9-10H2,1-4H3,(H,31,34). The van der Waals surface area contributed by atoms with Crippen molar-refractivity contribution in [3.8, 4) is 11.6 Å². The molecule has 3 aromatic rings. The Bertz CT molecular complexity index is 1510. The highest BCUT2D eigenvalue weighted by Crippen LogP contribution is 2.45. The van der Waals surface area contributed by atoms with Gasteiger partial charge in [-0.15, -0.1) is 10.2 Å². The van der Waals surface area contributed by atoms with Crippen LogP contribution in [0.2, 0.25) is 0 Å². The second-order valence-corrected chi connectivity index (χ2v) is 11.3. The van der Waals surface area contributed by atoms with E-state index >= 15 is 0 Å². The minimum absolute atomic E-state index is 0.0285. The third kappa shape index (κ3) is 5.33. The summed E-state index contributed by atoms with van der Waals surface area (Å²) in [4.78, 5) is 17.4. The van der Waals surface area contributed by atoms with Crippen LogP contribution >= 0.6 is 0 Å². The van der Waals surface area contributed by atoms with E-state index in [1.807, 2.05) is 0 Å². The minimum Gasteiger partial charge on any atom is -0.435 e. The van der Waals surface area contributed by atoms with Crippen molar-refractivity contribution in [1.29, 1.82) is 0 Å². The van der Waals surface area contributed by atoms with E-state index in [1.54, 1.807) is 13.8 Å². The first-order valence-corrected chi connectivity index (χ1v) is 13.4. The lowest BCUT2D eigenvalue weighted by atomic mass is 9.79. The number of sulfone groups is 1. The summed E-state index contributed by atoms with van der Waals surface area (Å²) >= 11 is 0. The number of carbonyl (C=O) groups excluding carboxylic acids is 1. The van der Waals surface area contributed by atoms with Gasteiger partial charge in [0.2, 0.25) is 0 Å². The summed E-state index contributed by atoms with van der Waals surface area (Å²) in [5.74, 6) is -1.45. The first-order valence-electron chi connectivity index (χ1n) is 11.5. The second kappa shape index (κ2) is 9.61. The van der Waals surface area contributed by atoms with Gasteiger partial charge >= 0.3 is 6.18 Å². The number of benzene rings is 1. The second-order valence-electron chi connectivity index (χ2n) is 9.27. The third-order valence-electron chi connectivity index (χ3n) is 6.33. The van der Waals surface area contributed by atoms with E-state index in [0.717, 1.165) is 19.6 Å². The van der Waals surface area contributed by atoms with Gasteiger partial charge in [-0.3, -0.25) is 9.78 Å². The first kappa shape index (κ1) is 27.4. The number of aromatic nitrogens is 3. The maximum absolute atomic E-state index is 14.9. The Kier molecular flexibility index (Phi) is 6.93. The normalized spacial score (nSPS) is 15.1. The van der Waals surface area contributed by atoms with E-state index in [2.05, 4.69) is 20.5 Å². The Morgan fingerprint density at radius 1 is 1.11 bits per heavy atom. The van der Waals surface area contributed by atoms with Crippen LogP contribution in [0.4, 0.5) is 23.2 Å². The Hall–Kier alpha value is -3.61. The van der Waals surface area contributed by atoms with Crippen LogP contribution in [0.15, 0.2) is 35.2 Å². The van der Waals surface area contributed by atoms with Crippen molar-refractivity contribution >= 4 is 21.4 Å². The predicted molar refractivity (Wildman–Crippen MR) is 130 cm³/mol. The van der Waals surface area contributed by atoms with Crippen molar-refractivity contribution in [2.75, 3.05) is 11.6 Å². The van der Waals surface area contributed by atoms with Crippen LogP contribution in [0.1, 0.15) is 57.8 Å². The molecule has 0 saturated heterocycles.